The first-order chi connectivity index (χ1) is 8.47. The van der Waals surface area contributed by atoms with Crippen molar-refractivity contribution in [1.82, 2.24) is 4.90 Å². The van der Waals surface area contributed by atoms with Crippen LogP contribution in [0.25, 0.3) is 4.85 Å². The molecule has 1 aromatic carbocycles. The summed E-state index contributed by atoms with van der Waals surface area (Å²) in [5, 5.41) is 0. The van der Waals surface area contributed by atoms with E-state index in [2.05, 4.69) is 36.6 Å². The molecular weight excluding hydrogens is 224 g/mol. The van der Waals surface area contributed by atoms with Crippen LogP contribution in [0.4, 0.5) is 5.69 Å². The molecule has 3 heteroatoms. The van der Waals surface area contributed by atoms with Crippen molar-refractivity contribution < 1.29 is 4.74 Å². The van der Waals surface area contributed by atoms with Gasteiger partial charge >= 0.3 is 0 Å². The van der Waals surface area contributed by atoms with Crippen LogP contribution in [-0.4, -0.2) is 30.7 Å². The third-order valence-electron chi connectivity index (χ3n) is 2.93. The van der Waals surface area contributed by atoms with Gasteiger partial charge in [-0.1, -0.05) is 24.3 Å². The topological polar surface area (TPSA) is 16.8 Å². The maximum atomic E-state index is 7.05. The fraction of sp³-hybridized carbons (Fsp3) is 0.533. The fourth-order valence-corrected chi connectivity index (χ4v) is 1.80. The van der Waals surface area contributed by atoms with Crippen molar-refractivity contribution in [3.05, 3.63) is 41.2 Å². The van der Waals surface area contributed by atoms with E-state index in [4.69, 9.17) is 11.3 Å². The van der Waals surface area contributed by atoms with E-state index < -0.39 is 0 Å². The quantitative estimate of drug-likeness (QED) is 0.740. The number of nitrogens with zero attached hydrogens (tertiary/aromatic N) is 2. The van der Waals surface area contributed by atoms with Crippen LogP contribution in [0.3, 0.4) is 0 Å². The van der Waals surface area contributed by atoms with E-state index in [0.717, 1.165) is 19.7 Å². The van der Waals surface area contributed by atoms with E-state index in [1.165, 1.54) is 5.56 Å². The zero-order valence-corrected chi connectivity index (χ0v) is 11.7. The van der Waals surface area contributed by atoms with E-state index >= 15 is 0 Å². The first-order valence-electron chi connectivity index (χ1n) is 6.18. The van der Waals surface area contributed by atoms with Gasteiger partial charge in [-0.25, -0.2) is 4.85 Å². The Balaban J connectivity index is 2.79. The van der Waals surface area contributed by atoms with Gasteiger partial charge in [0.05, 0.1) is 13.2 Å². The summed E-state index contributed by atoms with van der Waals surface area (Å²) in [6.07, 6.45) is 0. The number of ether oxygens (including phenoxy) is 1. The Kier molecular flexibility index (Phi) is 5.33. The van der Waals surface area contributed by atoms with Gasteiger partial charge < -0.3 is 4.74 Å². The second kappa shape index (κ2) is 6.53. The van der Waals surface area contributed by atoms with Gasteiger partial charge in [-0.05, 0) is 26.3 Å². The highest BCUT2D eigenvalue weighted by Crippen LogP contribution is 2.20. The molecule has 3 nitrogen and oxygen atoms in total. The highest BCUT2D eigenvalue weighted by atomic mass is 16.5. The molecule has 0 saturated heterocycles. The predicted molar refractivity (Wildman–Crippen MR) is 74.7 cm³/mol. The number of benzene rings is 1. The second-order valence-electron chi connectivity index (χ2n) is 5.37. The average Bonchev–Trinajstić information content (AvgIpc) is 2.33. The van der Waals surface area contributed by atoms with E-state index in [9.17, 15) is 0 Å². The van der Waals surface area contributed by atoms with E-state index in [-0.39, 0.29) is 5.54 Å². The molecule has 0 saturated carbocycles. The van der Waals surface area contributed by atoms with Gasteiger partial charge in [0.15, 0.2) is 5.69 Å². The van der Waals surface area contributed by atoms with Crippen LogP contribution < -0.4 is 0 Å². The minimum Gasteiger partial charge on any atom is -0.383 e. The van der Waals surface area contributed by atoms with Crippen LogP contribution in [0.15, 0.2) is 24.3 Å². The molecule has 0 unspecified atom stereocenters. The molecule has 0 atom stereocenters. The van der Waals surface area contributed by atoms with Crippen molar-refractivity contribution in [3.63, 3.8) is 0 Å². The molecule has 0 bridgehead atoms. The van der Waals surface area contributed by atoms with Gasteiger partial charge in [0.25, 0.3) is 0 Å². The SMILES string of the molecule is [C-]#[N+]c1cccc(CN(CCOC)C(C)(C)C)c1. The summed E-state index contributed by atoms with van der Waals surface area (Å²) in [4.78, 5) is 5.83. The third-order valence-corrected chi connectivity index (χ3v) is 2.93. The Morgan fingerprint density at radius 2 is 2.06 bits per heavy atom. The second-order valence-corrected chi connectivity index (χ2v) is 5.37. The van der Waals surface area contributed by atoms with Crippen LogP contribution in [-0.2, 0) is 11.3 Å². The summed E-state index contributed by atoms with van der Waals surface area (Å²) >= 11 is 0. The summed E-state index contributed by atoms with van der Waals surface area (Å²) in [6, 6.07) is 7.81. The fourth-order valence-electron chi connectivity index (χ4n) is 1.80. The predicted octanol–water partition coefficient (Wildman–Crippen LogP) is 3.48. The number of hydrogen-bond donors (Lipinski definition) is 0. The van der Waals surface area contributed by atoms with Crippen molar-refractivity contribution in [3.8, 4) is 0 Å². The van der Waals surface area contributed by atoms with Gasteiger partial charge in [0, 0.05) is 25.7 Å². The molecule has 0 aromatic heterocycles. The lowest BCUT2D eigenvalue weighted by Gasteiger charge is -2.35. The van der Waals surface area contributed by atoms with E-state index in [1.807, 2.05) is 18.2 Å². The van der Waals surface area contributed by atoms with Crippen LogP contribution in [0, 0.1) is 6.57 Å². The van der Waals surface area contributed by atoms with Crippen LogP contribution in [0.1, 0.15) is 26.3 Å². The summed E-state index contributed by atoms with van der Waals surface area (Å²) in [6.45, 7) is 16.1. The van der Waals surface area contributed by atoms with E-state index in [1.54, 1.807) is 7.11 Å². The van der Waals surface area contributed by atoms with Crippen molar-refractivity contribution in [2.45, 2.75) is 32.9 Å². The van der Waals surface area contributed by atoms with Gasteiger partial charge in [-0.15, -0.1) is 0 Å². The molecule has 1 aromatic rings. The van der Waals surface area contributed by atoms with Crippen molar-refractivity contribution in [1.29, 1.82) is 0 Å². The smallest absolute Gasteiger partial charge is 0.187 e. The number of hydrogen-bond acceptors (Lipinski definition) is 2. The lowest BCUT2D eigenvalue weighted by Crippen LogP contribution is -2.42. The normalized spacial score (nSPS) is 11.6. The summed E-state index contributed by atoms with van der Waals surface area (Å²) < 4.78 is 5.16. The summed E-state index contributed by atoms with van der Waals surface area (Å²) in [5.74, 6) is 0. The molecular formula is C15H22N2O. The van der Waals surface area contributed by atoms with Crippen molar-refractivity contribution in [2.75, 3.05) is 20.3 Å². The zero-order chi connectivity index (χ0) is 13.6. The molecule has 0 N–H and O–H groups in total. The van der Waals surface area contributed by atoms with Crippen LogP contribution in [0.2, 0.25) is 0 Å². The molecule has 0 spiro atoms. The van der Waals surface area contributed by atoms with Gasteiger partial charge in [-0.3, -0.25) is 4.90 Å². The molecule has 0 radical (unpaired) electrons. The Morgan fingerprint density at radius 3 is 2.61 bits per heavy atom. The Morgan fingerprint density at radius 1 is 1.33 bits per heavy atom. The minimum atomic E-state index is 0.0899. The Hall–Kier alpha value is -1.37. The Bertz CT molecular complexity index is 415. The van der Waals surface area contributed by atoms with Gasteiger partial charge in [-0.2, -0.15) is 0 Å². The van der Waals surface area contributed by atoms with E-state index in [0.29, 0.717) is 5.69 Å². The number of methoxy groups -OCH3 is 1. The first kappa shape index (κ1) is 14.7. The molecule has 1 rings (SSSR count). The monoisotopic (exact) mass is 246 g/mol. The lowest BCUT2D eigenvalue weighted by atomic mass is 10.0. The molecule has 0 fully saturated rings. The lowest BCUT2D eigenvalue weighted by molar-refractivity contribution is 0.0807. The molecule has 0 amide bonds. The first-order valence-corrected chi connectivity index (χ1v) is 6.18. The molecule has 18 heavy (non-hydrogen) atoms. The number of rotatable bonds is 5. The molecule has 98 valence electrons. The van der Waals surface area contributed by atoms with Crippen molar-refractivity contribution in [2.24, 2.45) is 0 Å². The summed E-state index contributed by atoms with van der Waals surface area (Å²) in [7, 11) is 1.72. The largest absolute Gasteiger partial charge is 0.383 e. The Labute approximate surface area is 110 Å². The molecule has 0 heterocycles. The highest BCUT2D eigenvalue weighted by molar-refractivity contribution is 5.46. The standard InChI is InChI=1S/C15H22N2O/c1-15(2,3)17(9-10-18-5)12-13-7-6-8-14(11-13)16-4/h6-8,11H,9-10,12H2,1-3,5H3. The average molecular weight is 246 g/mol. The van der Waals surface area contributed by atoms with Crippen LogP contribution in [0.5, 0.6) is 0 Å². The highest BCUT2D eigenvalue weighted by Gasteiger charge is 2.20. The minimum absolute atomic E-state index is 0.0899. The maximum Gasteiger partial charge on any atom is 0.187 e. The van der Waals surface area contributed by atoms with Gasteiger partial charge in [0.2, 0.25) is 0 Å². The third kappa shape index (κ3) is 4.48. The van der Waals surface area contributed by atoms with Crippen molar-refractivity contribution >= 4 is 5.69 Å². The molecule has 0 aliphatic carbocycles. The molecule has 0 aliphatic rings. The summed E-state index contributed by atoms with van der Waals surface area (Å²) in [5.41, 5.74) is 1.97. The maximum absolute atomic E-state index is 7.05. The van der Waals surface area contributed by atoms with Gasteiger partial charge in [0.1, 0.15) is 0 Å². The molecule has 0 aliphatic heterocycles. The van der Waals surface area contributed by atoms with Crippen LogP contribution >= 0.6 is 0 Å². The zero-order valence-electron chi connectivity index (χ0n) is 11.7.